The van der Waals surface area contributed by atoms with E-state index in [9.17, 15) is 9.18 Å². The number of benzene rings is 2. The van der Waals surface area contributed by atoms with Crippen LogP contribution in [0.15, 0.2) is 48.5 Å². The fraction of sp³-hybridized carbons (Fsp3) is 0.409. The third kappa shape index (κ3) is 4.24. The number of halogens is 1. The summed E-state index contributed by atoms with van der Waals surface area (Å²) >= 11 is 0. The first-order valence-electron chi connectivity index (χ1n) is 9.71. The highest BCUT2D eigenvalue weighted by Gasteiger charge is 2.30. The number of rotatable bonds is 5. The lowest BCUT2D eigenvalue weighted by Gasteiger charge is -2.38. The zero-order valence-electron chi connectivity index (χ0n) is 15.4. The van der Waals surface area contributed by atoms with Crippen molar-refractivity contribution in [2.75, 3.05) is 11.5 Å². The number of para-hydroxylation sites is 2. The lowest BCUT2D eigenvalue weighted by atomic mass is 10.1. The molecule has 1 N–H and O–H groups in total. The maximum Gasteiger partial charge on any atom is 0.222 e. The number of carbonyl (C=O) groups excluding carboxylic acids is 1. The quantitative estimate of drug-likeness (QED) is 0.866. The van der Waals surface area contributed by atoms with Crippen molar-refractivity contribution in [1.82, 2.24) is 5.32 Å². The van der Waals surface area contributed by atoms with Crippen molar-refractivity contribution < 1.29 is 13.9 Å². The number of carbonyl (C=O) groups is 1. The number of nitrogens with one attached hydrogen (secondary N) is 1. The molecule has 5 heteroatoms. The summed E-state index contributed by atoms with van der Waals surface area (Å²) in [6.45, 7) is 1.08. The monoisotopic (exact) mass is 368 g/mol. The zero-order valence-corrected chi connectivity index (χ0v) is 15.4. The lowest BCUT2D eigenvalue weighted by molar-refractivity contribution is -0.122. The van der Waals surface area contributed by atoms with Gasteiger partial charge in [-0.05, 0) is 42.7 Å². The van der Waals surface area contributed by atoms with Gasteiger partial charge in [-0.2, -0.15) is 0 Å². The molecule has 142 valence electrons. The Morgan fingerprint density at radius 3 is 2.63 bits per heavy atom. The number of anilines is 1. The van der Waals surface area contributed by atoms with Gasteiger partial charge in [0.25, 0.3) is 0 Å². The van der Waals surface area contributed by atoms with E-state index < -0.39 is 0 Å². The van der Waals surface area contributed by atoms with Crippen LogP contribution in [0.4, 0.5) is 10.1 Å². The highest BCUT2D eigenvalue weighted by molar-refractivity contribution is 5.78. The van der Waals surface area contributed by atoms with Crippen LogP contribution >= 0.6 is 0 Å². The molecule has 4 rings (SSSR count). The molecule has 1 aliphatic heterocycles. The van der Waals surface area contributed by atoms with Gasteiger partial charge in [0, 0.05) is 12.6 Å². The summed E-state index contributed by atoms with van der Waals surface area (Å²) in [7, 11) is 0. The number of fused-ring (bicyclic) bond motifs is 1. The maximum atomic E-state index is 13.3. The van der Waals surface area contributed by atoms with Gasteiger partial charge in [0.05, 0.1) is 18.2 Å². The Bertz CT molecular complexity index is 787. The molecule has 0 spiro atoms. The van der Waals surface area contributed by atoms with Crippen LogP contribution in [-0.2, 0) is 11.3 Å². The van der Waals surface area contributed by atoms with Crippen LogP contribution in [-0.4, -0.2) is 24.6 Å². The Balaban J connectivity index is 1.51. The normalized spacial score (nSPS) is 19.4. The predicted octanol–water partition coefficient (Wildman–Crippen LogP) is 4.04. The minimum absolute atomic E-state index is 0.0497. The first-order chi connectivity index (χ1) is 13.2. The van der Waals surface area contributed by atoms with Gasteiger partial charge in [-0.15, -0.1) is 0 Å². The van der Waals surface area contributed by atoms with Crippen molar-refractivity contribution in [2.45, 2.75) is 50.7 Å². The van der Waals surface area contributed by atoms with E-state index in [1.807, 2.05) is 24.3 Å². The van der Waals surface area contributed by atoms with Crippen molar-refractivity contribution in [1.29, 1.82) is 0 Å². The van der Waals surface area contributed by atoms with Crippen molar-refractivity contribution in [2.24, 2.45) is 0 Å². The van der Waals surface area contributed by atoms with Gasteiger partial charge in [0.15, 0.2) is 0 Å². The molecule has 4 nitrogen and oxygen atoms in total. The molecule has 0 unspecified atom stereocenters. The van der Waals surface area contributed by atoms with Gasteiger partial charge in [0.2, 0.25) is 5.91 Å². The SMILES string of the molecule is O=C(C[C@H]1COc2ccccc2N1Cc1ccc(F)cc1)NC1CCCC1. The molecule has 2 aliphatic rings. The standard InChI is InChI=1S/C22H25FN2O2/c23-17-11-9-16(10-12-17)14-25-19(13-22(26)24-18-5-1-2-6-18)15-27-21-8-4-3-7-20(21)25/h3-4,7-12,18-19H,1-2,5-6,13-15H2,(H,24,26)/t19-/m0/s1. The average molecular weight is 368 g/mol. The molecule has 0 saturated heterocycles. The summed E-state index contributed by atoms with van der Waals surface area (Å²) in [6.07, 6.45) is 4.94. The average Bonchev–Trinajstić information content (AvgIpc) is 3.18. The Kier molecular flexibility index (Phi) is 5.28. The zero-order chi connectivity index (χ0) is 18.6. The highest BCUT2D eigenvalue weighted by atomic mass is 19.1. The fourth-order valence-corrected chi connectivity index (χ4v) is 4.03. The lowest BCUT2D eigenvalue weighted by Crippen LogP contribution is -2.46. The number of ether oxygens (including phenoxy) is 1. The predicted molar refractivity (Wildman–Crippen MR) is 103 cm³/mol. The van der Waals surface area contributed by atoms with E-state index in [1.54, 1.807) is 12.1 Å². The number of hydrogen-bond donors (Lipinski definition) is 1. The molecule has 1 saturated carbocycles. The van der Waals surface area contributed by atoms with E-state index in [4.69, 9.17) is 4.74 Å². The van der Waals surface area contributed by atoms with Crippen molar-refractivity contribution >= 4 is 11.6 Å². The van der Waals surface area contributed by atoms with E-state index in [2.05, 4.69) is 10.2 Å². The number of amides is 1. The minimum atomic E-state index is -0.242. The molecule has 2 aromatic carbocycles. The second kappa shape index (κ2) is 7.99. The molecule has 1 amide bonds. The third-order valence-electron chi connectivity index (χ3n) is 5.45. The van der Waals surface area contributed by atoms with Crippen LogP contribution in [0.25, 0.3) is 0 Å². The van der Waals surface area contributed by atoms with E-state index in [-0.39, 0.29) is 17.8 Å². The Morgan fingerprint density at radius 1 is 1.11 bits per heavy atom. The highest BCUT2D eigenvalue weighted by Crippen LogP contribution is 2.35. The van der Waals surface area contributed by atoms with Crippen LogP contribution in [0.5, 0.6) is 5.75 Å². The topological polar surface area (TPSA) is 41.6 Å². The number of nitrogens with zero attached hydrogens (tertiary/aromatic N) is 1. The van der Waals surface area contributed by atoms with Gasteiger partial charge in [-0.1, -0.05) is 37.1 Å². The van der Waals surface area contributed by atoms with Gasteiger partial charge in [0.1, 0.15) is 18.2 Å². The van der Waals surface area contributed by atoms with Crippen molar-refractivity contribution in [3.05, 3.63) is 59.9 Å². The molecule has 0 aromatic heterocycles. The molecule has 27 heavy (non-hydrogen) atoms. The number of hydrogen-bond acceptors (Lipinski definition) is 3. The Labute approximate surface area is 159 Å². The van der Waals surface area contributed by atoms with Crippen molar-refractivity contribution in [3.63, 3.8) is 0 Å². The van der Waals surface area contributed by atoms with Gasteiger partial charge >= 0.3 is 0 Å². The first-order valence-corrected chi connectivity index (χ1v) is 9.71. The Hall–Kier alpha value is -2.56. The summed E-state index contributed by atoms with van der Waals surface area (Å²) in [5.74, 6) is 0.666. The summed E-state index contributed by atoms with van der Waals surface area (Å²) in [5, 5.41) is 3.17. The molecule has 1 heterocycles. The minimum Gasteiger partial charge on any atom is -0.489 e. The smallest absolute Gasteiger partial charge is 0.222 e. The first kappa shape index (κ1) is 17.8. The molecule has 1 aliphatic carbocycles. The molecule has 0 bridgehead atoms. The van der Waals surface area contributed by atoms with Crippen LogP contribution in [0.3, 0.4) is 0 Å². The van der Waals surface area contributed by atoms with Crippen LogP contribution in [0, 0.1) is 5.82 Å². The van der Waals surface area contributed by atoms with Crippen molar-refractivity contribution in [3.8, 4) is 5.75 Å². The van der Waals surface area contributed by atoms with E-state index >= 15 is 0 Å². The summed E-state index contributed by atoms with van der Waals surface area (Å²) in [6, 6.07) is 14.7. The fourth-order valence-electron chi connectivity index (χ4n) is 4.03. The molecular weight excluding hydrogens is 343 g/mol. The Morgan fingerprint density at radius 2 is 1.85 bits per heavy atom. The summed E-state index contributed by atoms with van der Waals surface area (Å²) in [5.41, 5.74) is 1.99. The molecule has 0 radical (unpaired) electrons. The molecule has 1 fully saturated rings. The van der Waals surface area contributed by atoms with E-state index in [0.29, 0.717) is 25.6 Å². The van der Waals surface area contributed by atoms with E-state index in [1.165, 1.54) is 25.0 Å². The van der Waals surface area contributed by atoms with Crippen LogP contribution < -0.4 is 15.0 Å². The van der Waals surface area contributed by atoms with Gasteiger partial charge < -0.3 is 15.0 Å². The molecular formula is C22H25FN2O2. The summed E-state index contributed by atoms with van der Waals surface area (Å²) in [4.78, 5) is 14.8. The van der Waals surface area contributed by atoms with Gasteiger partial charge in [-0.3, -0.25) is 4.79 Å². The maximum absolute atomic E-state index is 13.3. The van der Waals surface area contributed by atoms with E-state index in [0.717, 1.165) is 29.8 Å². The summed E-state index contributed by atoms with van der Waals surface area (Å²) < 4.78 is 19.2. The van der Waals surface area contributed by atoms with Crippen LogP contribution in [0.2, 0.25) is 0 Å². The van der Waals surface area contributed by atoms with Gasteiger partial charge in [-0.25, -0.2) is 4.39 Å². The van der Waals surface area contributed by atoms with Crippen LogP contribution in [0.1, 0.15) is 37.7 Å². The molecule has 1 atom stereocenters. The largest absolute Gasteiger partial charge is 0.489 e. The third-order valence-corrected chi connectivity index (χ3v) is 5.45. The molecule has 2 aromatic rings. The second-order valence-electron chi connectivity index (χ2n) is 7.44. The second-order valence-corrected chi connectivity index (χ2v) is 7.44.